The predicted molar refractivity (Wildman–Crippen MR) is 131 cm³/mol. The molecule has 0 heterocycles. The van der Waals surface area contributed by atoms with Crippen LogP contribution in [0.25, 0.3) is 11.1 Å². The molecule has 1 N–H and O–H groups in total. The lowest BCUT2D eigenvalue weighted by Crippen LogP contribution is -2.25. The van der Waals surface area contributed by atoms with Gasteiger partial charge < -0.3 is 19.5 Å². The molecule has 0 fully saturated rings. The van der Waals surface area contributed by atoms with Gasteiger partial charge in [0.05, 0.1) is 7.11 Å². The molecule has 3 rings (SSSR count). The lowest BCUT2D eigenvalue weighted by molar-refractivity contribution is -0.139. The highest BCUT2D eigenvalue weighted by atomic mass is 32.2. The van der Waals surface area contributed by atoms with Gasteiger partial charge in [0.2, 0.25) is 0 Å². The van der Waals surface area contributed by atoms with Gasteiger partial charge in [-0.25, -0.2) is 4.79 Å². The summed E-state index contributed by atoms with van der Waals surface area (Å²) >= 11 is 1.72. The Kier molecular flexibility index (Phi) is 8.45. The maximum Gasteiger partial charge on any atom is 0.341 e. The van der Waals surface area contributed by atoms with Crippen LogP contribution in [0, 0.1) is 6.92 Å². The molecule has 0 amide bonds. The van der Waals surface area contributed by atoms with Gasteiger partial charge in [0.15, 0.2) is 6.61 Å². The molecule has 6 heteroatoms. The summed E-state index contributed by atoms with van der Waals surface area (Å²) < 4.78 is 10.9. The zero-order chi connectivity index (χ0) is 22.9. The second-order valence-electron chi connectivity index (χ2n) is 7.29. The number of hydrogen-bond donors (Lipinski definition) is 1. The van der Waals surface area contributed by atoms with E-state index in [4.69, 9.17) is 14.6 Å². The number of anilines is 1. The van der Waals surface area contributed by atoms with E-state index in [1.807, 2.05) is 19.1 Å². The van der Waals surface area contributed by atoms with Crippen LogP contribution in [-0.2, 0) is 4.79 Å². The Hall–Kier alpha value is -3.12. The summed E-state index contributed by atoms with van der Waals surface area (Å²) in [6, 6.07) is 22.8. The number of hydrogen-bond acceptors (Lipinski definition) is 5. The SMILES string of the molecule is CCN(CCSc1cc(C)c(OCC(=O)O)cc1OC)c1ccc(-c2ccccc2)cc1. The molecular weight excluding hydrogens is 422 g/mol. The van der Waals surface area contributed by atoms with Gasteiger partial charge in [-0.3, -0.25) is 0 Å². The Morgan fingerprint density at radius 2 is 1.69 bits per heavy atom. The van der Waals surface area contributed by atoms with Crippen molar-refractivity contribution in [3.8, 4) is 22.6 Å². The van der Waals surface area contributed by atoms with Crippen molar-refractivity contribution in [2.24, 2.45) is 0 Å². The largest absolute Gasteiger partial charge is 0.495 e. The van der Waals surface area contributed by atoms with Crippen LogP contribution < -0.4 is 14.4 Å². The number of rotatable bonds is 11. The van der Waals surface area contributed by atoms with E-state index in [1.165, 1.54) is 16.8 Å². The Balaban J connectivity index is 1.63. The van der Waals surface area contributed by atoms with Crippen LogP contribution in [0.3, 0.4) is 0 Å². The van der Waals surface area contributed by atoms with Gasteiger partial charge in [0, 0.05) is 35.5 Å². The number of carbonyl (C=O) groups is 1. The molecule has 0 atom stereocenters. The molecule has 0 aliphatic carbocycles. The summed E-state index contributed by atoms with van der Waals surface area (Å²) in [7, 11) is 1.61. The van der Waals surface area contributed by atoms with Crippen LogP contribution in [0.15, 0.2) is 71.6 Å². The van der Waals surface area contributed by atoms with E-state index in [9.17, 15) is 4.79 Å². The molecule has 0 radical (unpaired) electrons. The molecule has 0 saturated heterocycles. The first-order chi connectivity index (χ1) is 15.5. The first kappa shape index (κ1) is 23.5. The monoisotopic (exact) mass is 451 g/mol. The molecule has 3 aromatic carbocycles. The van der Waals surface area contributed by atoms with Gasteiger partial charge in [-0.2, -0.15) is 0 Å². The quantitative estimate of drug-likeness (QED) is 0.375. The Labute approximate surface area is 194 Å². The van der Waals surface area contributed by atoms with E-state index < -0.39 is 5.97 Å². The fourth-order valence-corrected chi connectivity index (χ4v) is 4.52. The summed E-state index contributed by atoms with van der Waals surface area (Å²) in [6.45, 7) is 5.52. The second-order valence-corrected chi connectivity index (χ2v) is 8.43. The standard InChI is InChI=1S/C26H29NO4S/c1-4-27(22-12-10-21(11-13-22)20-8-6-5-7-9-20)14-15-32-25-16-19(2)23(17-24(25)30-3)31-18-26(28)29/h5-13,16-17H,4,14-15,18H2,1-3H3,(H,28,29). The topological polar surface area (TPSA) is 59.0 Å². The van der Waals surface area contributed by atoms with Crippen LogP contribution in [0.5, 0.6) is 11.5 Å². The molecule has 168 valence electrons. The molecule has 5 nitrogen and oxygen atoms in total. The van der Waals surface area contributed by atoms with Crippen molar-refractivity contribution in [3.05, 3.63) is 72.3 Å². The molecule has 0 saturated carbocycles. The van der Waals surface area contributed by atoms with Gasteiger partial charge >= 0.3 is 5.97 Å². The summed E-state index contributed by atoms with van der Waals surface area (Å²) in [5.41, 5.74) is 4.52. The smallest absolute Gasteiger partial charge is 0.341 e. The van der Waals surface area contributed by atoms with Crippen molar-refractivity contribution in [2.75, 3.05) is 37.5 Å². The third-order valence-electron chi connectivity index (χ3n) is 5.15. The average Bonchev–Trinajstić information content (AvgIpc) is 2.82. The Bertz CT molecular complexity index is 1020. The molecule has 0 spiro atoms. The minimum atomic E-state index is -1.00. The van der Waals surface area contributed by atoms with E-state index in [-0.39, 0.29) is 6.61 Å². The van der Waals surface area contributed by atoms with Crippen molar-refractivity contribution in [3.63, 3.8) is 0 Å². The molecule has 0 aromatic heterocycles. The van der Waals surface area contributed by atoms with Crippen LogP contribution in [0.1, 0.15) is 12.5 Å². The number of carboxylic acids is 1. The van der Waals surface area contributed by atoms with E-state index in [2.05, 4.69) is 60.4 Å². The Morgan fingerprint density at radius 3 is 2.31 bits per heavy atom. The number of aliphatic carboxylic acids is 1. The van der Waals surface area contributed by atoms with Crippen LogP contribution in [0.4, 0.5) is 5.69 Å². The van der Waals surface area contributed by atoms with Crippen LogP contribution in [0.2, 0.25) is 0 Å². The molecule has 0 unspecified atom stereocenters. The fraction of sp³-hybridized carbons (Fsp3) is 0.269. The first-order valence-electron chi connectivity index (χ1n) is 10.6. The summed E-state index contributed by atoms with van der Waals surface area (Å²) in [6.07, 6.45) is 0. The third kappa shape index (κ3) is 6.20. The minimum Gasteiger partial charge on any atom is -0.495 e. The van der Waals surface area contributed by atoms with Crippen molar-refractivity contribution in [1.82, 2.24) is 0 Å². The molecule has 0 bridgehead atoms. The summed E-state index contributed by atoms with van der Waals surface area (Å²) in [5.74, 6) is 1.11. The maximum absolute atomic E-state index is 10.8. The highest BCUT2D eigenvalue weighted by Gasteiger charge is 2.12. The molecule has 3 aromatic rings. The fourth-order valence-electron chi connectivity index (χ4n) is 3.44. The first-order valence-corrected chi connectivity index (χ1v) is 11.6. The third-order valence-corrected chi connectivity index (χ3v) is 6.17. The van der Waals surface area contributed by atoms with Gasteiger partial charge in [0.25, 0.3) is 0 Å². The van der Waals surface area contributed by atoms with Gasteiger partial charge in [-0.15, -0.1) is 11.8 Å². The number of methoxy groups -OCH3 is 1. The second kappa shape index (κ2) is 11.5. The van der Waals surface area contributed by atoms with E-state index >= 15 is 0 Å². The average molecular weight is 452 g/mol. The number of carboxylic acid groups (broad SMARTS) is 1. The number of thioether (sulfide) groups is 1. The van der Waals surface area contributed by atoms with Crippen molar-refractivity contribution >= 4 is 23.4 Å². The number of benzene rings is 3. The lowest BCUT2D eigenvalue weighted by atomic mass is 10.1. The van der Waals surface area contributed by atoms with E-state index in [0.717, 1.165) is 29.3 Å². The van der Waals surface area contributed by atoms with E-state index in [1.54, 1.807) is 24.9 Å². The summed E-state index contributed by atoms with van der Waals surface area (Å²) in [5, 5.41) is 8.84. The zero-order valence-corrected chi connectivity index (χ0v) is 19.5. The lowest BCUT2D eigenvalue weighted by Gasteiger charge is -2.23. The minimum absolute atomic E-state index is 0.370. The normalized spacial score (nSPS) is 10.6. The highest BCUT2D eigenvalue weighted by molar-refractivity contribution is 7.99. The maximum atomic E-state index is 10.8. The van der Waals surface area contributed by atoms with Crippen LogP contribution in [-0.4, -0.2) is 43.6 Å². The Morgan fingerprint density at radius 1 is 1.00 bits per heavy atom. The number of nitrogens with zero attached hydrogens (tertiary/aromatic N) is 1. The molecule has 0 aliphatic rings. The molecular formula is C26H29NO4S. The van der Waals surface area contributed by atoms with E-state index in [0.29, 0.717) is 11.5 Å². The molecule has 0 aliphatic heterocycles. The zero-order valence-electron chi connectivity index (χ0n) is 18.7. The predicted octanol–water partition coefficient (Wildman–Crippen LogP) is 5.75. The summed E-state index contributed by atoms with van der Waals surface area (Å²) in [4.78, 5) is 14.2. The number of aryl methyl sites for hydroxylation is 1. The van der Waals surface area contributed by atoms with Crippen molar-refractivity contribution < 1.29 is 19.4 Å². The van der Waals surface area contributed by atoms with Crippen LogP contribution >= 0.6 is 11.8 Å². The number of ether oxygens (including phenoxy) is 2. The molecule has 32 heavy (non-hydrogen) atoms. The van der Waals surface area contributed by atoms with Gasteiger partial charge in [-0.05, 0) is 48.7 Å². The van der Waals surface area contributed by atoms with Gasteiger partial charge in [0.1, 0.15) is 11.5 Å². The van der Waals surface area contributed by atoms with Crippen molar-refractivity contribution in [2.45, 2.75) is 18.7 Å². The highest BCUT2D eigenvalue weighted by Crippen LogP contribution is 2.35. The van der Waals surface area contributed by atoms with Gasteiger partial charge in [-0.1, -0.05) is 42.5 Å². The van der Waals surface area contributed by atoms with Crippen molar-refractivity contribution in [1.29, 1.82) is 0 Å².